The van der Waals surface area contributed by atoms with Gasteiger partial charge < -0.3 is 4.90 Å². The molecule has 0 bridgehead atoms. The molecule has 1 amide bonds. The smallest absolute Gasteiger partial charge is 0.261 e. The molecule has 0 radical (unpaired) electrons. The predicted octanol–water partition coefficient (Wildman–Crippen LogP) is 2.77. The van der Waals surface area contributed by atoms with Crippen molar-refractivity contribution in [1.29, 1.82) is 0 Å². The topological polar surface area (TPSA) is 68.1 Å². The first-order chi connectivity index (χ1) is 12.5. The van der Waals surface area contributed by atoms with Crippen molar-refractivity contribution in [2.75, 3.05) is 7.05 Å². The summed E-state index contributed by atoms with van der Waals surface area (Å²) in [7, 11) is 1.76. The molecule has 3 aromatic rings. The van der Waals surface area contributed by atoms with Crippen LogP contribution in [-0.4, -0.2) is 32.4 Å². The van der Waals surface area contributed by atoms with Gasteiger partial charge in [-0.1, -0.05) is 19.1 Å². The van der Waals surface area contributed by atoms with Gasteiger partial charge in [0.2, 0.25) is 5.91 Å². The van der Waals surface area contributed by atoms with E-state index in [9.17, 15) is 9.59 Å². The van der Waals surface area contributed by atoms with Gasteiger partial charge in [-0.05, 0) is 25.0 Å². The second kappa shape index (κ2) is 7.78. The summed E-state index contributed by atoms with van der Waals surface area (Å²) in [4.78, 5) is 35.5. The highest BCUT2D eigenvalue weighted by atomic mass is 32.1. The molecule has 0 saturated heterocycles. The van der Waals surface area contributed by atoms with Gasteiger partial charge in [0.1, 0.15) is 0 Å². The molecule has 3 rings (SSSR count). The minimum atomic E-state index is -0.110. The molecule has 0 atom stereocenters. The molecule has 1 aromatic carbocycles. The van der Waals surface area contributed by atoms with E-state index in [1.165, 1.54) is 10.9 Å². The Balaban J connectivity index is 1.66. The van der Waals surface area contributed by atoms with Gasteiger partial charge in [-0.3, -0.25) is 14.2 Å². The first-order valence-corrected chi connectivity index (χ1v) is 9.49. The highest BCUT2D eigenvalue weighted by molar-refractivity contribution is 7.09. The Hall–Kier alpha value is -2.54. The number of para-hydroxylation sites is 1. The summed E-state index contributed by atoms with van der Waals surface area (Å²) in [6.45, 7) is 4.80. The van der Waals surface area contributed by atoms with Crippen LogP contribution >= 0.6 is 11.3 Å². The SMILES string of the molecule is CCc1nc(CN(C)C(=O)CCn2cnc3c(C)cccc3c2=O)cs1. The Kier molecular flexibility index (Phi) is 5.46. The number of benzene rings is 1. The van der Waals surface area contributed by atoms with Crippen molar-refractivity contribution in [2.24, 2.45) is 0 Å². The van der Waals surface area contributed by atoms with Gasteiger partial charge >= 0.3 is 0 Å². The highest BCUT2D eigenvalue weighted by Gasteiger charge is 2.13. The van der Waals surface area contributed by atoms with Gasteiger partial charge in [0.25, 0.3) is 5.56 Å². The van der Waals surface area contributed by atoms with Crippen molar-refractivity contribution >= 4 is 28.1 Å². The zero-order valence-electron chi connectivity index (χ0n) is 15.2. The standard InChI is InChI=1S/C19H22N4O2S/c1-4-16-21-14(11-26-16)10-22(3)17(24)8-9-23-12-20-18-13(2)6-5-7-15(18)19(23)25/h5-7,11-12H,4,8-10H2,1-3H3. The molecule has 6 nitrogen and oxygen atoms in total. The van der Waals surface area contributed by atoms with Gasteiger partial charge in [0.15, 0.2) is 0 Å². The van der Waals surface area contributed by atoms with Crippen LogP contribution in [0.15, 0.2) is 34.7 Å². The van der Waals surface area contributed by atoms with Crippen molar-refractivity contribution in [3.05, 3.63) is 56.5 Å². The molecular formula is C19H22N4O2S. The molecular weight excluding hydrogens is 348 g/mol. The fourth-order valence-electron chi connectivity index (χ4n) is 2.82. The van der Waals surface area contributed by atoms with E-state index in [2.05, 4.69) is 16.9 Å². The Morgan fingerprint density at radius 1 is 1.35 bits per heavy atom. The molecule has 0 aliphatic rings. The number of amides is 1. The minimum Gasteiger partial charge on any atom is -0.340 e. The highest BCUT2D eigenvalue weighted by Crippen LogP contribution is 2.13. The average Bonchev–Trinajstić information content (AvgIpc) is 3.09. The first kappa shape index (κ1) is 18.3. The van der Waals surface area contributed by atoms with E-state index in [-0.39, 0.29) is 17.9 Å². The second-order valence-corrected chi connectivity index (χ2v) is 7.24. The van der Waals surface area contributed by atoms with Crippen LogP contribution in [0.4, 0.5) is 0 Å². The lowest BCUT2D eigenvalue weighted by Crippen LogP contribution is -2.29. The van der Waals surface area contributed by atoms with E-state index < -0.39 is 0 Å². The Labute approximate surface area is 156 Å². The lowest BCUT2D eigenvalue weighted by Gasteiger charge is -2.16. The molecule has 7 heteroatoms. The lowest BCUT2D eigenvalue weighted by atomic mass is 10.1. The van der Waals surface area contributed by atoms with Gasteiger partial charge in [0, 0.05) is 25.4 Å². The maximum absolute atomic E-state index is 12.6. The summed E-state index contributed by atoms with van der Waals surface area (Å²) in [6, 6.07) is 5.55. The van der Waals surface area contributed by atoms with E-state index in [0.717, 1.165) is 22.7 Å². The molecule has 0 spiro atoms. The van der Waals surface area contributed by atoms with Gasteiger partial charge in [0.05, 0.1) is 34.5 Å². The maximum Gasteiger partial charge on any atom is 0.261 e. The molecule has 136 valence electrons. The number of carbonyl (C=O) groups is 1. The van der Waals surface area contributed by atoms with Crippen molar-refractivity contribution in [2.45, 2.75) is 39.8 Å². The van der Waals surface area contributed by atoms with E-state index in [0.29, 0.717) is 24.0 Å². The van der Waals surface area contributed by atoms with E-state index in [1.54, 1.807) is 29.4 Å². The number of thiazole rings is 1. The van der Waals surface area contributed by atoms with Gasteiger partial charge in [-0.15, -0.1) is 11.3 Å². The second-order valence-electron chi connectivity index (χ2n) is 6.30. The third kappa shape index (κ3) is 3.83. The minimum absolute atomic E-state index is 0.0210. The molecule has 0 N–H and O–H groups in total. The average molecular weight is 370 g/mol. The third-order valence-corrected chi connectivity index (χ3v) is 5.39. The van der Waals surface area contributed by atoms with Gasteiger partial charge in [-0.2, -0.15) is 0 Å². The zero-order valence-corrected chi connectivity index (χ0v) is 16.0. The fraction of sp³-hybridized carbons (Fsp3) is 0.368. The molecule has 0 aliphatic carbocycles. The molecule has 2 heterocycles. The van der Waals surface area contributed by atoms with Crippen LogP contribution < -0.4 is 5.56 Å². The zero-order chi connectivity index (χ0) is 18.7. The number of fused-ring (bicyclic) bond motifs is 1. The number of aromatic nitrogens is 3. The fourth-order valence-corrected chi connectivity index (χ4v) is 3.55. The summed E-state index contributed by atoms with van der Waals surface area (Å²) < 4.78 is 1.51. The molecule has 0 fully saturated rings. The van der Waals surface area contributed by atoms with E-state index in [4.69, 9.17) is 0 Å². The van der Waals surface area contributed by atoms with Crippen LogP contribution in [0, 0.1) is 6.92 Å². The summed E-state index contributed by atoms with van der Waals surface area (Å²) >= 11 is 1.61. The van der Waals surface area contributed by atoms with Crippen molar-refractivity contribution in [3.63, 3.8) is 0 Å². The lowest BCUT2D eigenvalue weighted by molar-refractivity contribution is -0.130. The maximum atomic E-state index is 12.6. The van der Waals surface area contributed by atoms with Crippen molar-refractivity contribution < 1.29 is 4.79 Å². The Morgan fingerprint density at radius 3 is 2.88 bits per heavy atom. The predicted molar refractivity (Wildman–Crippen MR) is 103 cm³/mol. The van der Waals surface area contributed by atoms with E-state index in [1.807, 2.05) is 24.4 Å². The molecule has 0 saturated carbocycles. The Bertz CT molecular complexity index is 993. The largest absolute Gasteiger partial charge is 0.340 e. The van der Waals surface area contributed by atoms with Crippen LogP contribution in [-0.2, 0) is 24.3 Å². The van der Waals surface area contributed by atoms with Crippen LogP contribution in [0.25, 0.3) is 10.9 Å². The molecule has 26 heavy (non-hydrogen) atoms. The first-order valence-electron chi connectivity index (χ1n) is 8.61. The summed E-state index contributed by atoms with van der Waals surface area (Å²) in [5.74, 6) is -0.0210. The van der Waals surface area contributed by atoms with Crippen LogP contribution in [0.1, 0.15) is 29.6 Å². The molecule has 2 aromatic heterocycles. The summed E-state index contributed by atoms with van der Waals surface area (Å²) in [5.41, 5.74) is 2.48. The normalized spacial score (nSPS) is 11.0. The number of carbonyl (C=O) groups excluding carboxylic acids is 1. The Morgan fingerprint density at radius 2 is 2.15 bits per heavy atom. The van der Waals surface area contributed by atoms with Crippen molar-refractivity contribution in [3.8, 4) is 0 Å². The van der Waals surface area contributed by atoms with Gasteiger partial charge in [-0.25, -0.2) is 9.97 Å². The number of aryl methyl sites for hydroxylation is 3. The summed E-state index contributed by atoms with van der Waals surface area (Å²) in [5, 5.41) is 3.65. The number of nitrogens with zero attached hydrogens (tertiary/aromatic N) is 4. The number of hydrogen-bond donors (Lipinski definition) is 0. The van der Waals surface area contributed by atoms with Crippen LogP contribution in [0.5, 0.6) is 0 Å². The third-order valence-electron chi connectivity index (χ3n) is 4.35. The molecule has 0 unspecified atom stereocenters. The van der Waals surface area contributed by atoms with Crippen molar-refractivity contribution in [1.82, 2.24) is 19.4 Å². The number of hydrogen-bond acceptors (Lipinski definition) is 5. The van der Waals surface area contributed by atoms with Crippen LogP contribution in [0.2, 0.25) is 0 Å². The monoisotopic (exact) mass is 370 g/mol. The van der Waals surface area contributed by atoms with E-state index >= 15 is 0 Å². The summed E-state index contributed by atoms with van der Waals surface area (Å²) in [6.07, 6.45) is 2.68. The van der Waals surface area contributed by atoms with Crippen LogP contribution in [0.3, 0.4) is 0 Å². The number of rotatable bonds is 6. The molecule has 0 aliphatic heterocycles. The quantitative estimate of drug-likeness (QED) is 0.669.